The molecule has 1 aromatic rings. The molecule has 0 saturated carbocycles. The number of hydrogen-bond donors (Lipinski definition) is 1. The van der Waals surface area contributed by atoms with Gasteiger partial charge in [0, 0.05) is 18.0 Å². The van der Waals surface area contributed by atoms with Crippen LogP contribution in [0.1, 0.15) is 59.3 Å². The fourth-order valence-corrected chi connectivity index (χ4v) is 2.41. The Hall–Kier alpha value is -1.55. The van der Waals surface area contributed by atoms with Crippen LogP contribution in [0, 0.1) is 0 Å². The van der Waals surface area contributed by atoms with Gasteiger partial charge in [0.05, 0.1) is 0 Å². The number of benzene rings is 1. The number of carbonyl (C=O) groups excluding carboxylic acids is 2. The lowest BCUT2D eigenvalue weighted by atomic mass is 10.1. The molecule has 0 saturated heterocycles. The van der Waals surface area contributed by atoms with Crippen LogP contribution >= 0.6 is 11.6 Å². The minimum absolute atomic E-state index is 0.131. The Labute approximate surface area is 149 Å². The lowest BCUT2D eigenvalue weighted by molar-refractivity contribution is -0.134. The molecule has 1 amide bonds. The van der Waals surface area contributed by atoms with Crippen LogP contribution in [-0.2, 0) is 9.59 Å². The predicted octanol–water partition coefficient (Wildman–Crippen LogP) is 4.54. The third kappa shape index (κ3) is 8.34. The Morgan fingerprint density at radius 1 is 1.04 bits per heavy atom. The first-order valence-electron chi connectivity index (χ1n) is 8.53. The van der Waals surface area contributed by atoms with Gasteiger partial charge < -0.3 is 14.8 Å². The highest BCUT2D eigenvalue weighted by Gasteiger charge is 2.29. The number of carbonyl (C=O) groups is 2. The van der Waals surface area contributed by atoms with Gasteiger partial charge in [0.15, 0.2) is 5.60 Å². The number of Topliss-reactive ketones (excluding diaryl/α,β-unsaturated/α-hetero) is 1. The number of rotatable bonds is 11. The molecule has 0 unspecified atom stereocenters. The molecule has 0 aliphatic carbocycles. The molecule has 0 radical (unpaired) electrons. The number of hydrogen-bond acceptors (Lipinski definition) is 3. The molecular formula is C19H28ClNO3. The van der Waals surface area contributed by atoms with E-state index in [1.807, 2.05) is 0 Å². The standard InChI is InChI=1S/C19H28ClNO3/c1-15(22)9-7-5-4-6-8-14-21-18(23)19(2,3)24-17-12-10-16(20)11-13-17/h10-13H,4-9,14H2,1-3H3,(H,21,23). The van der Waals surface area contributed by atoms with Crippen molar-refractivity contribution >= 4 is 23.3 Å². The average molecular weight is 354 g/mol. The first kappa shape index (κ1) is 20.5. The van der Waals surface area contributed by atoms with E-state index >= 15 is 0 Å². The molecule has 0 fully saturated rings. The van der Waals surface area contributed by atoms with Crippen LogP contribution in [0.5, 0.6) is 5.75 Å². The fraction of sp³-hybridized carbons (Fsp3) is 0.579. The third-order valence-electron chi connectivity index (χ3n) is 3.72. The van der Waals surface area contributed by atoms with Gasteiger partial charge in [0.25, 0.3) is 5.91 Å². The van der Waals surface area contributed by atoms with Crippen LogP contribution in [0.3, 0.4) is 0 Å². The highest BCUT2D eigenvalue weighted by atomic mass is 35.5. The molecule has 0 aliphatic heterocycles. The van der Waals surface area contributed by atoms with Crippen molar-refractivity contribution in [1.29, 1.82) is 0 Å². The minimum Gasteiger partial charge on any atom is -0.478 e. The van der Waals surface area contributed by atoms with Crippen LogP contribution in [0.25, 0.3) is 0 Å². The summed E-state index contributed by atoms with van der Waals surface area (Å²) in [5, 5.41) is 3.55. The van der Waals surface area contributed by atoms with Crippen LogP contribution in [0.2, 0.25) is 5.02 Å². The van der Waals surface area contributed by atoms with Gasteiger partial charge >= 0.3 is 0 Å². The number of ether oxygens (including phenoxy) is 1. The summed E-state index contributed by atoms with van der Waals surface area (Å²) in [5.74, 6) is 0.740. The van der Waals surface area contributed by atoms with Gasteiger partial charge in [-0.15, -0.1) is 0 Å². The van der Waals surface area contributed by atoms with E-state index in [0.29, 0.717) is 23.7 Å². The molecule has 134 valence electrons. The lowest BCUT2D eigenvalue weighted by Crippen LogP contribution is -2.46. The first-order chi connectivity index (χ1) is 11.3. The molecule has 4 nitrogen and oxygen atoms in total. The maximum absolute atomic E-state index is 12.2. The molecule has 1 aromatic carbocycles. The largest absolute Gasteiger partial charge is 0.478 e. The number of ketones is 1. The number of nitrogens with one attached hydrogen (secondary N) is 1. The second-order valence-electron chi connectivity index (χ2n) is 6.54. The van der Waals surface area contributed by atoms with Gasteiger partial charge in [-0.2, -0.15) is 0 Å². The van der Waals surface area contributed by atoms with Crippen molar-refractivity contribution in [3.63, 3.8) is 0 Å². The Balaban J connectivity index is 2.21. The van der Waals surface area contributed by atoms with E-state index in [-0.39, 0.29) is 11.7 Å². The topological polar surface area (TPSA) is 55.4 Å². The van der Waals surface area contributed by atoms with Gasteiger partial charge in [-0.3, -0.25) is 4.79 Å². The van der Waals surface area contributed by atoms with Gasteiger partial charge in [-0.25, -0.2) is 0 Å². The Bertz CT molecular complexity index is 526. The second-order valence-corrected chi connectivity index (χ2v) is 6.98. The smallest absolute Gasteiger partial charge is 0.263 e. The van der Waals surface area contributed by atoms with E-state index in [0.717, 1.165) is 32.1 Å². The van der Waals surface area contributed by atoms with Crippen LogP contribution < -0.4 is 10.1 Å². The van der Waals surface area contributed by atoms with Crippen molar-refractivity contribution in [2.45, 2.75) is 64.9 Å². The van der Waals surface area contributed by atoms with Crippen molar-refractivity contribution in [3.05, 3.63) is 29.3 Å². The number of halogens is 1. The lowest BCUT2D eigenvalue weighted by Gasteiger charge is -2.25. The van der Waals surface area contributed by atoms with Crippen molar-refractivity contribution in [2.24, 2.45) is 0 Å². The zero-order valence-corrected chi connectivity index (χ0v) is 15.6. The molecule has 0 atom stereocenters. The summed E-state index contributed by atoms with van der Waals surface area (Å²) in [6.45, 7) is 5.76. The summed E-state index contributed by atoms with van der Waals surface area (Å²) in [4.78, 5) is 23.1. The molecule has 0 aromatic heterocycles. The van der Waals surface area contributed by atoms with Gasteiger partial charge in [0.2, 0.25) is 0 Å². The van der Waals surface area contributed by atoms with Gasteiger partial charge in [-0.05, 0) is 57.9 Å². The highest BCUT2D eigenvalue weighted by Crippen LogP contribution is 2.21. The van der Waals surface area contributed by atoms with E-state index in [9.17, 15) is 9.59 Å². The summed E-state index contributed by atoms with van der Waals surface area (Å²) < 4.78 is 5.75. The molecule has 0 aliphatic rings. The van der Waals surface area contributed by atoms with E-state index in [1.54, 1.807) is 45.0 Å². The zero-order valence-electron chi connectivity index (χ0n) is 14.9. The summed E-state index contributed by atoms with van der Waals surface area (Å²) >= 11 is 5.84. The molecule has 5 heteroatoms. The van der Waals surface area contributed by atoms with Gasteiger partial charge in [0.1, 0.15) is 11.5 Å². The highest BCUT2D eigenvalue weighted by molar-refractivity contribution is 6.30. The van der Waals surface area contributed by atoms with E-state index in [1.165, 1.54) is 0 Å². The average Bonchev–Trinajstić information content (AvgIpc) is 2.51. The third-order valence-corrected chi connectivity index (χ3v) is 3.98. The molecule has 0 spiro atoms. The first-order valence-corrected chi connectivity index (χ1v) is 8.91. The second kappa shape index (κ2) is 10.3. The van der Waals surface area contributed by atoms with Crippen LogP contribution in [0.15, 0.2) is 24.3 Å². The summed E-state index contributed by atoms with van der Waals surface area (Å²) in [6, 6.07) is 6.96. The SMILES string of the molecule is CC(=O)CCCCCCCNC(=O)C(C)(C)Oc1ccc(Cl)cc1. The number of unbranched alkanes of at least 4 members (excludes halogenated alkanes) is 4. The van der Waals surface area contributed by atoms with Crippen molar-refractivity contribution in [1.82, 2.24) is 5.32 Å². The molecule has 1 N–H and O–H groups in total. The molecule has 0 bridgehead atoms. The molecule has 24 heavy (non-hydrogen) atoms. The summed E-state index contributed by atoms with van der Waals surface area (Å²) in [6.07, 6.45) is 5.78. The van der Waals surface area contributed by atoms with E-state index < -0.39 is 5.60 Å². The molecule has 0 heterocycles. The fourth-order valence-electron chi connectivity index (χ4n) is 2.29. The van der Waals surface area contributed by atoms with Crippen molar-refractivity contribution in [3.8, 4) is 5.75 Å². The zero-order chi connectivity index (χ0) is 18.0. The summed E-state index contributed by atoms with van der Waals surface area (Å²) in [5.41, 5.74) is -0.935. The van der Waals surface area contributed by atoms with Crippen LogP contribution in [0.4, 0.5) is 0 Å². The summed E-state index contributed by atoms with van der Waals surface area (Å²) in [7, 11) is 0. The quantitative estimate of drug-likeness (QED) is 0.594. The number of amides is 1. The molecular weight excluding hydrogens is 326 g/mol. The Morgan fingerprint density at radius 3 is 2.25 bits per heavy atom. The Morgan fingerprint density at radius 2 is 1.62 bits per heavy atom. The molecule has 1 rings (SSSR count). The van der Waals surface area contributed by atoms with Crippen LogP contribution in [-0.4, -0.2) is 23.8 Å². The van der Waals surface area contributed by atoms with Gasteiger partial charge in [-0.1, -0.05) is 30.9 Å². The monoisotopic (exact) mass is 353 g/mol. The normalized spacial score (nSPS) is 11.2. The van der Waals surface area contributed by atoms with E-state index in [4.69, 9.17) is 16.3 Å². The Kier molecular flexibility index (Phi) is 8.83. The predicted molar refractivity (Wildman–Crippen MR) is 97.6 cm³/mol. The van der Waals surface area contributed by atoms with Crippen molar-refractivity contribution in [2.75, 3.05) is 6.54 Å². The van der Waals surface area contributed by atoms with Crippen molar-refractivity contribution < 1.29 is 14.3 Å². The maximum Gasteiger partial charge on any atom is 0.263 e. The minimum atomic E-state index is -0.935. The maximum atomic E-state index is 12.2. The van der Waals surface area contributed by atoms with E-state index in [2.05, 4.69) is 5.32 Å².